The standard InChI is InChI=1S/C22H11ClFNO6/c23-16-6-3-10(8-17(16)24)11-1-5-14(22(30)31)18(9-11)25-19(26)13-4-2-12(21(28)29)7-15(13)20(25)27/h1-9H,(H,28,29)(H,30,31). The van der Waals surface area contributed by atoms with E-state index in [1.807, 2.05) is 0 Å². The summed E-state index contributed by atoms with van der Waals surface area (Å²) in [5, 5.41) is 18.6. The van der Waals surface area contributed by atoms with E-state index >= 15 is 0 Å². The van der Waals surface area contributed by atoms with Crippen LogP contribution in [0.4, 0.5) is 10.1 Å². The molecule has 3 aromatic carbocycles. The smallest absolute Gasteiger partial charge is 0.337 e. The van der Waals surface area contributed by atoms with Crippen molar-refractivity contribution in [2.24, 2.45) is 0 Å². The second-order valence-corrected chi connectivity index (χ2v) is 7.08. The number of rotatable bonds is 4. The lowest BCUT2D eigenvalue weighted by Gasteiger charge is -2.18. The predicted octanol–water partition coefficient (Wildman–Crippen LogP) is 4.34. The first kappa shape index (κ1) is 20.2. The number of halogens is 2. The number of carbonyl (C=O) groups excluding carboxylic acids is 2. The molecule has 7 nitrogen and oxygen atoms in total. The number of hydrogen-bond acceptors (Lipinski definition) is 4. The molecule has 0 unspecified atom stereocenters. The summed E-state index contributed by atoms with van der Waals surface area (Å²) in [5.41, 5.74) is -0.234. The minimum absolute atomic E-state index is 0.0470. The maximum Gasteiger partial charge on any atom is 0.337 e. The summed E-state index contributed by atoms with van der Waals surface area (Å²) >= 11 is 5.70. The maximum absolute atomic E-state index is 13.9. The quantitative estimate of drug-likeness (QED) is 0.585. The molecule has 0 saturated carbocycles. The zero-order chi connectivity index (χ0) is 22.4. The minimum atomic E-state index is -1.38. The van der Waals surface area contributed by atoms with E-state index in [9.17, 15) is 28.7 Å². The molecule has 2 N–H and O–H groups in total. The molecule has 1 heterocycles. The number of carboxylic acid groups (broad SMARTS) is 2. The van der Waals surface area contributed by atoms with Crippen LogP contribution in [0.5, 0.6) is 0 Å². The number of fused-ring (bicyclic) bond motifs is 1. The summed E-state index contributed by atoms with van der Waals surface area (Å²) in [6.07, 6.45) is 0. The lowest BCUT2D eigenvalue weighted by Crippen LogP contribution is -2.31. The van der Waals surface area contributed by atoms with Gasteiger partial charge in [-0.25, -0.2) is 18.9 Å². The molecule has 1 aliphatic heterocycles. The number of anilines is 1. The zero-order valence-electron chi connectivity index (χ0n) is 15.4. The zero-order valence-corrected chi connectivity index (χ0v) is 16.2. The number of imide groups is 1. The van der Waals surface area contributed by atoms with Crippen LogP contribution in [0.15, 0.2) is 54.6 Å². The number of benzene rings is 3. The third-order valence-electron chi connectivity index (χ3n) is 4.86. The van der Waals surface area contributed by atoms with Crippen LogP contribution in [-0.4, -0.2) is 34.0 Å². The number of hydrogen-bond donors (Lipinski definition) is 2. The normalized spacial score (nSPS) is 12.8. The fraction of sp³-hybridized carbons (Fsp3) is 0. The largest absolute Gasteiger partial charge is 0.478 e. The van der Waals surface area contributed by atoms with Gasteiger partial charge in [0.15, 0.2) is 0 Å². The molecular formula is C22H11ClFNO6. The summed E-state index contributed by atoms with van der Waals surface area (Å²) in [5.74, 6) is -5.00. The Kier molecular flexibility index (Phi) is 4.79. The Morgan fingerprint density at radius 2 is 1.45 bits per heavy atom. The molecule has 0 fully saturated rings. The van der Waals surface area contributed by atoms with Crippen LogP contribution in [0.1, 0.15) is 41.4 Å². The van der Waals surface area contributed by atoms with E-state index in [0.29, 0.717) is 16.0 Å². The highest BCUT2D eigenvalue weighted by Crippen LogP contribution is 2.35. The molecule has 0 spiro atoms. The second kappa shape index (κ2) is 7.33. The molecule has 3 aromatic rings. The van der Waals surface area contributed by atoms with Gasteiger partial charge in [0, 0.05) is 0 Å². The number of nitrogens with zero attached hydrogens (tertiary/aromatic N) is 1. The van der Waals surface area contributed by atoms with Crippen molar-refractivity contribution < 1.29 is 33.8 Å². The van der Waals surface area contributed by atoms with Gasteiger partial charge in [-0.2, -0.15) is 0 Å². The molecule has 154 valence electrons. The van der Waals surface area contributed by atoms with Gasteiger partial charge in [0.2, 0.25) is 0 Å². The molecule has 0 atom stereocenters. The Labute approximate surface area is 178 Å². The van der Waals surface area contributed by atoms with Crippen molar-refractivity contribution in [2.75, 3.05) is 4.90 Å². The lowest BCUT2D eigenvalue weighted by atomic mass is 10.0. The van der Waals surface area contributed by atoms with Crippen LogP contribution >= 0.6 is 11.6 Å². The minimum Gasteiger partial charge on any atom is -0.478 e. The fourth-order valence-electron chi connectivity index (χ4n) is 3.35. The Bertz CT molecular complexity index is 1320. The van der Waals surface area contributed by atoms with Gasteiger partial charge in [-0.05, 0) is 53.6 Å². The van der Waals surface area contributed by atoms with Crippen molar-refractivity contribution in [2.45, 2.75) is 0 Å². The van der Waals surface area contributed by atoms with Crippen LogP contribution in [0.25, 0.3) is 11.1 Å². The molecule has 9 heteroatoms. The number of aromatic carboxylic acids is 2. The average Bonchev–Trinajstić information content (AvgIpc) is 2.99. The van der Waals surface area contributed by atoms with Crippen molar-refractivity contribution in [1.82, 2.24) is 0 Å². The summed E-state index contributed by atoms with van der Waals surface area (Å²) in [6.45, 7) is 0. The van der Waals surface area contributed by atoms with Gasteiger partial charge in [-0.15, -0.1) is 0 Å². The van der Waals surface area contributed by atoms with Crippen molar-refractivity contribution in [3.63, 3.8) is 0 Å². The highest BCUT2D eigenvalue weighted by atomic mass is 35.5. The van der Waals surface area contributed by atoms with E-state index in [2.05, 4.69) is 0 Å². The molecule has 31 heavy (non-hydrogen) atoms. The topological polar surface area (TPSA) is 112 Å². The number of amides is 2. The van der Waals surface area contributed by atoms with Crippen molar-refractivity contribution in [3.05, 3.63) is 87.7 Å². The SMILES string of the molecule is O=C(O)c1ccc2c(c1)C(=O)N(c1cc(-c3ccc(Cl)c(F)c3)ccc1C(=O)O)C2=O. The van der Waals surface area contributed by atoms with Gasteiger partial charge in [-0.3, -0.25) is 9.59 Å². The summed E-state index contributed by atoms with van der Waals surface area (Å²) < 4.78 is 13.9. The van der Waals surface area contributed by atoms with Crippen molar-refractivity contribution in [3.8, 4) is 11.1 Å². The average molecular weight is 440 g/mol. The first-order valence-corrected chi connectivity index (χ1v) is 9.15. The van der Waals surface area contributed by atoms with Crippen LogP contribution in [0, 0.1) is 5.82 Å². The highest BCUT2D eigenvalue weighted by Gasteiger charge is 2.39. The van der Waals surface area contributed by atoms with E-state index in [1.165, 1.54) is 42.5 Å². The molecule has 0 saturated heterocycles. The molecule has 2 amide bonds. The van der Waals surface area contributed by atoms with Crippen LogP contribution < -0.4 is 4.90 Å². The molecule has 0 aromatic heterocycles. The van der Waals surface area contributed by atoms with E-state index in [-0.39, 0.29) is 33.0 Å². The summed E-state index contributed by atoms with van der Waals surface area (Å²) in [6, 6.07) is 11.3. The van der Waals surface area contributed by atoms with Gasteiger partial charge in [0.25, 0.3) is 11.8 Å². The molecular weight excluding hydrogens is 429 g/mol. The Morgan fingerprint density at radius 1 is 0.806 bits per heavy atom. The highest BCUT2D eigenvalue weighted by molar-refractivity contribution is 6.35. The van der Waals surface area contributed by atoms with E-state index in [0.717, 1.165) is 12.1 Å². The maximum atomic E-state index is 13.9. The van der Waals surface area contributed by atoms with Crippen molar-refractivity contribution >= 4 is 41.0 Å². The van der Waals surface area contributed by atoms with Crippen LogP contribution in [0.2, 0.25) is 5.02 Å². The van der Waals surface area contributed by atoms with Crippen LogP contribution in [0.3, 0.4) is 0 Å². The van der Waals surface area contributed by atoms with Gasteiger partial charge in [0.1, 0.15) is 5.82 Å². The fourth-order valence-corrected chi connectivity index (χ4v) is 3.46. The van der Waals surface area contributed by atoms with E-state index in [4.69, 9.17) is 16.7 Å². The monoisotopic (exact) mass is 439 g/mol. The Morgan fingerprint density at radius 3 is 2.10 bits per heavy atom. The van der Waals surface area contributed by atoms with Gasteiger partial charge < -0.3 is 10.2 Å². The first-order chi connectivity index (χ1) is 14.7. The van der Waals surface area contributed by atoms with Gasteiger partial charge >= 0.3 is 11.9 Å². The molecule has 0 bridgehead atoms. The molecule has 1 aliphatic rings. The van der Waals surface area contributed by atoms with Gasteiger partial charge in [-0.1, -0.05) is 23.7 Å². The summed E-state index contributed by atoms with van der Waals surface area (Å²) in [7, 11) is 0. The lowest BCUT2D eigenvalue weighted by molar-refractivity contribution is 0.0686. The number of carboxylic acids is 2. The number of carbonyl (C=O) groups is 4. The third-order valence-corrected chi connectivity index (χ3v) is 5.16. The van der Waals surface area contributed by atoms with Gasteiger partial charge in [0.05, 0.1) is 33.0 Å². The predicted molar refractivity (Wildman–Crippen MR) is 108 cm³/mol. The van der Waals surface area contributed by atoms with Crippen molar-refractivity contribution in [1.29, 1.82) is 0 Å². The Balaban J connectivity index is 1.87. The third kappa shape index (κ3) is 3.32. The second-order valence-electron chi connectivity index (χ2n) is 6.68. The molecule has 4 rings (SSSR count). The first-order valence-electron chi connectivity index (χ1n) is 8.78. The van der Waals surface area contributed by atoms with E-state index < -0.39 is 29.6 Å². The van der Waals surface area contributed by atoms with Crippen LogP contribution in [-0.2, 0) is 0 Å². The molecule has 0 aliphatic carbocycles. The molecule has 0 radical (unpaired) electrons. The Hall–Kier alpha value is -4.04. The summed E-state index contributed by atoms with van der Waals surface area (Å²) in [4.78, 5) is 49.5. The van der Waals surface area contributed by atoms with E-state index in [1.54, 1.807) is 0 Å².